The van der Waals surface area contributed by atoms with Crippen molar-refractivity contribution in [3.8, 4) is 0 Å². The molecule has 0 aliphatic carbocycles. The Hall–Kier alpha value is -1.71. The molecule has 1 unspecified atom stereocenters. The highest BCUT2D eigenvalue weighted by Crippen LogP contribution is 2.28. The van der Waals surface area contributed by atoms with E-state index in [2.05, 4.69) is 58.7 Å². The SMILES string of the molecule is FCC1(CN(Cc2ccccc2)Cc2ccccc2)CCNC1. The monoisotopic (exact) mass is 312 g/mol. The molecule has 1 aliphatic rings. The zero-order valence-electron chi connectivity index (χ0n) is 13.5. The molecule has 122 valence electrons. The molecule has 23 heavy (non-hydrogen) atoms. The third-order valence-corrected chi connectivity index (χ3v) is 4.67. The minimum Gasteiger partial charge on any atom is -0.316 e. The van der Waals surface area contributed by atoms with Gasteiger partial charge in [0.1, 0.15) is 0 Å². The molecular formula is C20H25FN2. The number of halogens is 1. The first-order valence-corrected chi connectivity index (χ1v) is 8.37. The summed E-state index contributed by atoms with van der Waals surface area (Å²) in [4.78, 5) is 2.39. The van der Waals surface area contributed by atoms with Gasteiger partial charge in [-0.25, -0.2) is 0 Å². The van der Waals surface area contributed by atoms with Gasteiger partial charge in [-0.3, -0.25) is 9.29 Å². The van der Waals surface area contributed by atoms with E-state index in [1.165, 1.54) is 11.1 Å². The van der Waals surface area contributed by atoms with Crippen LogP contribution in [0.2, 0.25) is 0 Å². The summed E-state index contributed by atoms with van der Waals surface area (Å²) in [5.74, 6) is 0. The smallest absolute Gasteiger partial charge is 0.0975 e. The number of hydrogen-bond donors (Lipinski definition) is 1. The van der Waals surface area contributed by atoms with Crippen LogP contribution in [0.15, 0.2) is 60.7 Å². The van der Waals surface area contributed by atoms with E-state index in [4.69, 9.17) is 0 Å². The molecule has 0 radical (unpaired) electrons. The lowest BCUT2D eigenvalue weighted by atomic mass is 9.88. The van der Waals surface area contributed by atoms with E-state index in [0.717, 1.165) is 39.1 Å². The molecule has 0 aromatic heterocycles. The first kappa shape index (κ1) is 16.2. The van der Waals surface area contributed by atoms with Gasteiger partial charge in [-0.15, -0.1) is 0 Å². The minimum absolute atomic E-state index is 0.233. The summed E-state index contributed by atoms with van der Waals surface area (Å²) in [5, 5.41) is 3.33. The van der Waals surface area contributed by atoms with E-state index in [9.17, 15) is 4.39 Å². The Bertz CT molecular complexity index is 538. The highest BCUT2D eigenvalue weighted by Gasteiger charge is 2.35. The minimum atomic E-state index is -0.250. The Morgan fingerprint density at radius 1 is 0.913 bits per heavy atom. The van der Waals surface area contributed by atoms with Crippen LogP contribution in [0, 0.1) is 5.41 Å². The predicted molar refractivity (Wildman–Crippen MR) is 92.9 cm³/mol. The molecule has 2 aromatic rings. The number of nitrogens with one attached hydrogen (secondary N) is 1. The van der Waals surface area contributed by atoms with E-state index in [-0.39, 0.29) is 12.1 Å². The van der Waals surface area contributed by atoms with E-state index in [0.29, 0.717) is 0 Å². The Balaban J connectivity index is 1.75. The first-order valence-electron chi connectivity index (χ1n) is 8.37. The van der Waals surface area contributed by atoms with Crippen molar-refractivity contribution in [2.45, 2.75) is 19.5 Å². The highest BCUT2D eigenvalue weighted by molar-refractivity contribution is 5.17. The van der Waals surface area contributed by atoms with Crippen molar-refractivity contribution in [2.24, 2.45) is 5.41 Å². The Labute approximate surface area is 138 Å². The number of nitrogens with zero attached hydrogens (tertiary/aromatic N) is 1. The Morgan fingerprint density at radius 3 is 1.91 bits per heavy atom. The lowest BCUT2D eigenvalue weighted by Gasteiger charge is -2.33. The lowest BCUT2D eigenvalue weighted by molar-refractivity contribution is 0.121. The topological polar surface area (TPSA) is 15.3 Å². The number of benzene rings is 2. The van der Waals surface area contributed by atoms with Gasteiger partial charge in [0.25, 0.3) is 0 Å². The molecule has 0 amide bonds. The standard InChI is InChI=1S/C20H25FN2/c21-15-20(11-12-22-16-20)17-23(13-18-7-3-1-4-8-18)14-19-9-5-2-6-10-19/h1-10,22H,11-17H2. The average Bonchev–Trinajstić information content (AvgIpc) is 3.06. The van der Waals surface area contributed by atoms with Crippen LogP contribution in [-0.2, 0) is 13.1 Å². The largest absolute Gasteiger partial charge is 0.316 e. The van der Waals surface area contributed by atoms with Gasteiger partial charge in [0.15, 0.2) is 0 Å². The number of hydrogen-bond acceptors (Lipinski definition) is 2. The van der Waals surface area contributed by atoms with Crippen molar-refractivity contribution in [2.75, 3.05) is 26.3 Å². The van der Waals surface area contributed by atoms with Gasteiger partial charge < -0.3 is 5.32 Å². The molecule has 0 bridgehead atoms. The number of rotatable bonds is 7. The van der Waals surface area contributed by atoms with E-state index in [1.54, 1.807) is 0 Å². The molecule has 1 fully saturated rings. The van der Waals surface area contributed by atoms with Gasteiger partial charge in [0, 0.05) is 31.6 Å². The maximum atomic E-state index is 13.7. The summed E-state index contributed by atoms with van der Waals surface area (Å²) in [6.45, 7) is 3.97. The van der Waals surface area contributed by atoms with Crippen molar-refractivity contribution in [1.82, 2.24) is 10.2 Å². The summed E-state index contributed by atoms with van der Waals surface area (Å²) < 4.78 is 13.7. The summed E-state index contributed by atoms with van der Waals surface area (Å²) in [6.07, 6.45) is 0.920. The summed E-state index contributed by atoms with van der Waals surface area (Å²) in [6, 6.07) is 20.9. The zero-order chi connectivity index (χ0) is 16.0. The molecule has 1 saturated heterocycles. The van der Waals surface area contributed by atoms with Crippen LogP contribution in [0.3, 0.4) is 0 Å². The maximum Gasteiger partial charge on any atom is 0.0975 e. The summed E-state index contributed by atoms with van der Waals surface area (Å²) in [7, 11) is 0. The molecule has 3 heteroatoms. The van der Waals surface area contributed by atoms with Gasteiger partial charge >= 0.3 is 0 Å². The third-order valence-electron chi connectivity index (χ3n) is 4.67. The Kier molecular flexibility index (Phi) is 5.42. The van der Waals surface area contributed by atoms with Crippen molar-refractivity contribution < 1.29 is 4.39 Å². The zero-order valence-corrected chi connectivity index (χ0v) is 13.5. The van der Waals surface area contributed by atoms with Gasteiger partial charge in [0.2, 0.25) is 0 Å². The lowest BCUT2D eigenvalue weighted by Crippen LogP contribution is -2.40. The second-order valence-corrected chi connectivity index (χ2v) is 6.68. The van der Waals surface area contributed by atoms with Crippen LogP contribution >= 0.6 is 0 Å². The second-order valence-electron chi connectivity index (χ2n) is 6.68. The second kappa shape index (κ2) is 7.71. The fraction of sp³-hybridized carbons (Fsp3) is 0.400. The molecule has 1 atom stereocenters. The molecule has 1 aliphatic heterocycles. The van der Waals surface area contributed by atoms with Crippen LogP contribution in [0.1, 0.15) is 17.5 Å². The fourth-order valence-electron chi connectivity index (χ4n) is 3.41. The third kappa shape index (κ3) is 4.40. The van der Waals surface area contributed by atoms with E-state index >= 15 is 0 Å². The molecule has 2 nitrogen and oxygen atoms in total. The molecule has 3 rings (SSSR count). The Morgan fingerprint density at radius 2 is 1.48 bits per heavy atom. The molecule has 2 aromatic carbocycles. The summed E-state index contributed by atoms with van der Waals surface area (Å²) >= 11 is 0. The van der Waals surface area contributed by atoms with E-state index < -0.39 is 0 Å². The van der Waals surface area contributed by atoms with Gasteiger partial charge in [-0.1, -0.05) is 60.7 Å². The van der Waals surface area contributed by atoms with Crippen LogP contribution in [0.5, 0.6) is 0 Å². The highest BCUT2D eigenvalue weighted by atomic mass is 19.1. The van der Waals surface area contributed by atoms with Crippen molar-refractivity contribution in [3.63, 3.8) is 0 Å². The molecule has 1 N–H and O–H groups in total. The predicted octanol–water partition coefficient (Wildman–Crippen LogP) is 3.64. The fourth-order valence-corrected chi connectivity index (χ4v) is 3.41. The summed E-state index contributed by atoms with van der Waals surface area (Å²) in [5.41, 5.74) is 2.33. The van der Waals surface area contributed by atoms with Crippen LogP contribution in [0.25, 0.3) is 0 Å². The van der Waals surface area contributed by atoms with Gasteiger partial charge in [-0.05, 0) is 24.1 Å². The van der Waals surface area contributed by atoms with Crippen molar-refractivity contribution >= 4 is 0 Å². The van der Waals surface area contributed by atoms with Crippen LogP contribution in [0.4, 0.5) is 4.39 Å². The van der Waals surface area contributed by atoms with Gasteiger partial charge in [-0.2, -0.15) is 0 Å². The van der Waals surface area contributed by atoms with Crippen molar-refractivity contribution in [1.29, 1.82) is 0 Å². The normalized spacial score (nSPS) is 21.0. The van der Waals surface area contributed by atoms with Crippen LogP contribution < -0.4 is 5.32 Å². The molecule has 0 saturated carbocycles. The average molecular weight is 312 g/mol. The van der Waals surface area contributed by atoms with Gasteiger partial charge in [0.05, 0.1) is 6.67 Å². The van der Waals surface area contributed by atoms with Crippen LogP contribution in [-0.4, -0.2) is 31.2 Å². The van der Waals surface area contributed by atoms with E-state index in [1.807, 2.05) is 12.1 Å². The van der Waals surface area contributed by atoms with Crippen molar-refractivity contribution in [3.05, 3.63) is 71.8 Å². The quantitative estimate of drug-likeness (QED) is 0.840. The molecule has 0 spiro atoms. The molecular weight excluding hydrogens is 287 g/mol. The first-order chi connectivity index (χ1) is 11.3. The molecule has 1 heterocycles. The maximum absolute atomic E-state index is 13.7. The number of alkyl halides is 1.